The van der Waals surface area contributed by atoms with Crippen molar-refractivity contribution >= 4 is 16.9 Å². The standard InChI is InChI=1S/C13H17N5O5/c1-13(22)8(20)6(3-19)23-12(13)18-2-5(9(14)15)7-10(18)16-4-17-11(7)21/h2,4,6,8,12,19-20,22H,3H2,1H3,(H3,14,15)(H,16,17,21)/t6?,8-,12?,13?/m1/s1. The smallest absolute Gasteiger partial charge is 0.260 e. The van der Waals surface area contributed by atoms with Crippen LogP contribution in [0.3, 0.4) is 0 Å². The van der Waals surface area contributed by atoms with E-state index < -0.39 is 36.2 Å². The molecule has 1 fully saturated rings. The number of ether oxygens (including phenoxy) is 1. The molecule has 23 heavy (non-hydrogen) atoms. The maximum atomic E-state index is 12.0. The van der Waals surface area contributed by atoms with Gasteiger partial charge >= 0.3 is 0 Å². The second-order valence-corrected chi connectivity index (χ2v) is 5.67. The predicted molar refractivity (Wildman–Crippen MR) is 79.0 cm³/mol. The van der Waals surface area contributed by atoms with Gasteiger partial charge in [0.25, 0.3) is 5.56 Å². The van der Waals surface area contributed by atoms with Crippen LogP contribution in [0.15, 0.2) is 17.3 Å². The molecule has 3 rings (SSSR count). The van der Waals surface area contributed by atoms with E-state index in [0.717, 1.165) is 0 Å². The van der Waals surface area contributed by atoms with Crippen LogP contribution in [0.2, 0.25) is 0 Å². The minimum absolute atomic E-state index is 0.0846. The van der Waals surface area contributed by atoms with Crippen molar-refractivity contribution < 1.29 is 20.1 Å². The summed E-state index contributed by atoms with van der Waals surface area (Å²) in [6, 6.07) is 0. The lowest BCUT2D eigenvalue weighted by molar-refractivity contribution is -0.0948. The van der Waals surface area contributed by atoms with Crippen molar-refractivity contribution in [1.82, 2.24) is 14.5 Å². The predicted octanol–water partition coefficient (Wildman–Crippen LogP) is -1.99. The zero-order valence-electron chi connectivity index (χ0n) is 12.2. The third-order valence-corrected chi connectivity index (χ3v) is 4.09. The van der Waals surface area contributed by atoms with Crippen molar-refractivity contribution in [1.29, 1.82) is 5.41 Å². The van der Waals surface area contributed by atoms with Crippen LogP contribution in [-0.2, 0) is 4.74 Å². The molecular weight excluding hydrogens is 306 g/mol. The van der Waals surface area contributed by atoms with E-state index >= 15 is 0 Å². The van der Waals surface area contributed by atoms with Crippen LogP contribution in [0.25, 0.3) is 11.0 Å². The number of nitrogens with zero attached hydrogens (tertiary/aromatic N) is 2. The van der Waals surface area contributed by atoms with E-state index in [1.165, 1.54) is 24.0 Å². The highest BCUT2D eigenvalue weighted by atomic mass is 16.6. The highest BCUT2D eigenvalue weighted by Gasteiger charge is 2.53. The second kappa shape index (κ2) is 5.13. The molecule has 10 heteroatoms. The van der Waals surface area contributed by atoms with Crippen LogP contribution >= 0.6 is 0 Å². The van der Waals surface area contributed by atoms with Crippen molar-refractivity contribution in [3.8, 4) is 0 Å². The molecule has 4 atom stereocenters. The van der Waals surface area contributed by atoms with Crippen molar-refractivity contribution in [2.24, 2.45) is 5.73 Å². The van der Waals surface area contributed by atoms with Crippen molar-refractivity contribution in [2.45, 2.75) is 31.0 Å². The summed E-state index contributed by atoms with van der Waals surface area (Å²) in [5.41, 5.74) is 3.56. The first-order chi connectivity index (χ1) is 10.8. The molecule has 1 saturated heterocycles. The van der Waals surface area contributed by atoms with E-state index in [-0.39, 0.29) is 22.4 Å². The molecule has 1 aliphatic heterocycles. The molecule has 0 spiro atoms. The zero-order chi connectivity index (χ0) is 16.9. The van der Waals surface area contributed by atoms with Crippen molar-refractivity contribution in [3.63, 3.8) is 0 Å². The van der Waals surface area contributed by atoms with Gasteiger partial charge in [-0.1, -0.05) is 0 Å². The molecule has 124 valence electrons. The largest absolute Gasteiger partial charge is 0.394 e. The Kier molecular flexibility index (Phi) is 3.48. The van der Waals surface area contributed by atoms with Crippen molar-refractivity contribution in [3.05, 3.63) is 28.4 Å². The van der Waals surface area contributed by atoms with Gasteiger partial charge in [0.15, 0.2) is 6.23 Å². The normalized spacial score (nSPS) is 30.9. The van der Waals surface area contributed by atoms with Crippen LogP contribution in [0.5, 0.6) is 0 Å². The molecule has 0 radical (unpaired) electrons. The van der Waals surface area contributed by atoms with Gasteiger partial charge in [0, 0.05) is 11.8 Å². The first kappa shape index (κ1) is 15.6. The van der Waals surface area contributed by atoms with Gasteiger partial charge < -0.3 is 35.3 Å². The van der Waals surface area contributed by atoms with Gasteiger partial charge in [-0.25, -0.2) is 4.98 Å². The van der Waals surface area contributed by atoms with E-state index in [1.807, 2.05) is 0 Å². The monoisotopic (exact) mass is 323 g/mol. The first-order valence-corrected chi connectivity index (χ1v) is 6.88. The number of aromatic amines is 1. The summed E-state index contributed by atoms with van der Waals surface area (Å²) >= 11 is 0. The summed E-state index contributed by atoms with van der Waals surface area (Å²) in [6.07, 6.45) is -0.900. The second-order valence-electron chi connectivity index (χ2n) is 5.67. The van der Waals surface area contributed by atoms with Crippen LogP contribution in [0.1, 0.15) is 18.7 Å². The molecule has 0 saturated carbocycles. The maximum Gasteiger partial charge on any atom is 0.260 e. The number of amidine groups is 1. The lowest BCUT2D eigenvalue weighted by Gasteiger charge is -2.27. The first-order valence-electron chi connectivity index (χ1n) is 6.88. The number of aliphatic hydroxyl groups is 3. The number of aromatic nitrogens is 3. The SMILES string of the molecule is CC1(O)C(n2cc(C(=N)N)c3c(=O)[nH]cnc32)OC(CO)[C@H]1O. The van der Waals surface area contributed by atoms with Crippen LogP contribution in [0.4, 0.5) is 0 Å². The molecule has 10 nitrogen and oxygen atoms in total. The Morgan fingerprint density at radius 3 is 2.91 bits per heavy atom. The van der Waals surface area contributed by atoms with E-state index in [4.69, 9.17) is 15.9 Å². The van der Waals surface area contributed by atoms with E-state index in [0.29, 0.717) is 0 Å². The Morgan fingerprint density at radius 1 is 1.65 bits per heavy atom. The number of H-pyrrole nitrogens is 1. The fraction of sp³-hybridized carbons (Fsp3) is 0.462. The fourth-order valence-corrected chi connectivity index (χ4v) is 2.87. The lowest BCUT2D eigenvalue weighted by atomic mass is 9.96. The Balaban J connectivity index is 2.24. The summed E-state index contributed by atoms with van der Waals surface area (Å²) in [7, 11) is 0. The Hall–Kier alpha value is -2.27. The van der Waals surface area contributed by atoms with Gasteiger partial charge in [-0.3, -0.25) is 10.2 Å². The number of hydrogen-bond acceptors (Lipinski definition) is 7. The van der Waals surface area contributed by atoms with E-state index in [1.54, 1.807) is 0 Å². The van der Waals surface area contributed by atoms with Crippen LogP contribution in [0, 0.1) is 5.41 Å². The highest BCUT2D eigenvalue weighted by molar-refractivity contribution is 6.06. The summed E-state index contributed by atoms with van der Waals surface area (Å²) < 4.78 is 6.85. The average Bonchev–Trinajstić information content (AvgIpc) is 2.97. The molecule has 3 heterocycles. The van der Waals surface area contributed by atoms with Gasteiger partial charge in [0.2, 0.25) is 0 Å². The number of rotatable bonds is 3. The molecule has 7 N–H and O–H groups in total. The molecular formula is C13H17N5O5. The van der Waals surface area contributed by atoms with Gasteiger partial charge in [-0.2, -0.15) is 0 Å². The van der Waals surface area contributed by atoms with E-state index in [2.05, 4.69) is 9.97 Å². The van der Waals surface area contributed by atoms with Gasteiger partial charge in [0.1, 0.15) is 29.3 Å². The molecule has 0 aliphatic carbocycles. The number of nitrogen functional groups attached to an aromatic ring is 1. The number of hydrogen-bond donors (Lipinski definition) is 6. The minimum atomic E-state index is -1.74. The third kappa shape index (κ3) is 2.15. The number of fused-ring (bicyclic) bond motifs is 1. The number of nitrogens with one attached hydrogen (secondary N) is 2. The Bertz CT molecular complexity index is 826. The molecule has 2 aromatic heterocycles. The summed E-state index contributed by atoms with van der Waals surface area (Å²) in [5, 5.41) is 37.6. The molecule has 3 unspecified atom stereocenters. The third-order valence-electron chi connectivity index (χ3n) is 4.09. The van der Waals surface area contributed by atoms with Gasteiger partial charge in [-0.15, -0.1) is 0 Å². The number of nitrogens with two attached hydrogens (primary N) is 1. The fourth-order valence-electron chi connectivity index (χ4n) is 2.87. The summed E-state index contributed by atoms with van der Waals surface area (Å²) in [4.78, 5) is 18.5. The van der Waals surface area contributed by atoms with Crippen LogP contribution in [-0.4, -0.2) is 60.1 Å². The average molecular weight is 323 g/mol. The Labute approximate surface area is 129 Å². The van der Waals surface area contributed by atoms with Gasteiger partial charge in [0.05, 0.1) is 18.3 Å². The lowest BCUT2D eigenvalue weighted by Crippen LogP contribution is -2.44. The topological polar surface area (TPSA) is 170 Å². The van der Waals surface area contributed by atoms with Crippen LogP contribution < -0.4 is 11.3 Å². The molecule has 1 aliphatic rings. The molecule has 0 aromatic carbocycles. The number of aliphatic hydroxyl groups excluding tert-OH is 2. The van der Waals surface area contributed by atoms with Crippen molar-refractivity contribution in [2.75, 3.05) is 6.61 Å². The Morgan fingerprint density at radius 2 is 2.35 bits per heavy atom. The van der Waals surface area contributed by atoms with E-state index in [9.17, 15) is 20.1 Å². The molecule has 2 aromatic rings. The van der Waals surface area contributed by atoms with Gasteiger partial charge in [-0.05, 0) is 6.92 Å². The summed E-state index contributed by atoms with van der Waals surface area (Å²) in [5.74, 6) is -0.343. The zero-order valence-corrected chi connectivity index (χ0v) is 12.2. The molecule has 0 bridgehead atoms. The molecule has 0 amide bonds. The maximum absolute atomic E-state index is 12.0. The summed E-state index contributed by atoms with van der Waals surface area (Å²) in [6.45, 7) is 0.866. The highest BCUT2D eigenvalue weighted by Crippen LogP contribution is 2.39. The minimum Gasteiger partial charge on any atom is -0.394 e. The quantitative estimate of drug-likeness (QED) is 0.280.